The topological polar surface area (TPSA) is 50.4 Å². The summed E-state index contributed by atoms with van der Waals surface area (Å²) in [6.45, 7) is 1.90. The molecule has 0 aliphatic carbocycles. The van der Waals surface area contributed by atoms with Crippen molar-refractivity contribution >= 4 is 5.91 Å². The van der Waals surface area contributed by atoms with Gasteiger partial charge in [-0.1, -0.05) is 48.5 Å². The molecule has 2 aromatic rings. The largest absolute Gasteiger partial charge is 0.496 e. The third-order valence-corrected chi connectivity index (χ3v) is 3.37. The van der Waals surface area contributed by atoms with Crippen molar-refractivity contribution in [1.82, 2.24) is 10.6 Å². The number of amides is 1. The van der Waals surface area contributed by atoms with Crippen LogP contribution in [0.15, 0.2) is 54.6 Å². The molecule has 0 aliphatic rings. The second kappa shape index (κ2) is 8.85. The summed E-state index contributed by atoms with van der Waals surface area (Å²) in [6.07, 6.45) is 0.460. The summed E-state index contributed by atoms with van der Waals surface area (Å²) in [7, 11) is 1.66. The smallest absolute Gasteiger partial charge is 0.221 e. The van der Waals surface area contributed by atoms with Gasteiger partial charge in [-0.3, -0.25) is 4.79 Å². The molecule has 4 nitrogen and oxygen atoms in total. The molecule has 0 fully saturated rings. The molecule has 1 amide bonds. The Morgan fingerprint density at radius 3 is 2.50 bits per heavy atom. The molecule has 0 saturated carbocycles. The molecule has 0 heterocycles. The van der Waals surface area contributed by atoms with Gasteiger partial charge in [0.1, 0.15) is 5.75 Å². The van der Waals surface area contributed by atoms with Crippen LogP contribution in [0, 0.1) is 0 Å². The highest BCUT2D eigenvalue weighted by molar-refractivity contribution is 5.76. The third kappa shape index (κ3) is 5.22. The van der Waals surface area contributed by atoms with Gasteiger partial charge in [-0.25, -0.2) is 0 Å². The Hall–Kier alpha value is -2.33. The van der Waals surface area contributed by atoms with Crippen molar-refractivity contribution < 1.29 is 9.53 Å². The highest BCUT2D eigenvalue weighted by Crippen LogP contribution is 2.16. The van der Waals surface area contributed by atoms with Crippen LogP contribution in [0.5, 0.6) is 5.75 Å². The van der Waals surface area contributed by atoms with Gasteiger partial charge in [0.25, 0.3) is 0 Å². The van der Waals surface area contributed by atoms with Crippen molar-refractivity contribution in [3.8, 4) is 5.75 Å². The van der Waals surface area contributed by atoms with Gasteiger partial charge in [-0.05, 0) is 11.6 Å². The minimum atomic E-state index is 0.0522. The molecule has 2 aromatic carbocycles. The predicted octanol–water partition coefficient (Wildman–Crippen LogP) is 2.49. The first-order valence-corrected chi connectivity index (χ1v) is 7.43. The summed E-state index contributed by atoms with van der Waals surface area (Å²) in [5, 5.41) is 6.18. The number of rotatable bonds is 8. The molecule has 0 bridgehead atoms. The number of carbonyl (C=O) groups is 1. The van der Waals surface area contributed by atoms with Crippen LogP contribution >= 0.6 is 0 Å². The first-order chi connectivity index (χ1) is 10.8. The predicted molar refractivity (Wildman–Crippen MR) is 87.6 cm³/mol. The van der Waals surface area contributed by atoms with Gasteiger partial charge in [0.05, 0.1) is 7.11 Å². The Labute approximate surface area is 131 Å². The lowest BCUT2D eigenvalue weighted by Gasteiger charge is -2.09. The molecular weight excluding hydrogens is 276 g/mol. The standard InChI is InChI=1S/C18H22N2O2/c1-22-17-10-6-5-9-16(17)14-19-12-11-18(21)20-13-15-7-3-2-4-8-15/h2-10,19H,11-14H2,1H3,(H,20,21). The monoisotopic (exact) mass is 298 g/mol. The fourth-order valence-corrected chi connectivity index (χ4v) is 2.16. The summed E-state index contributed by atoms with van der Waals surface area (Å²) in [4.78, 5) is 11.8. The first-order valence-electron chi connectivity index (χ1n) is 7.43. The van der Waals surface area contributed by atoms with Crippen LogP contribution in [0.2, 0.25) is 0 Å². The van der Waals surface area contributed by atoms with Crippen LogP contribution in [0.3, 0.4) is 0 Å². The zero-order valence-electron chi connectivity index (χ0n) is 12.8. The number of nitrogens with one attached hydrogen (secondary N) is 2. The van der Waals surface area contributed by atoms with Crippen molar-refractivity contribution in [2.75, 3.05) is 13.7 Å². The van der Waals surface area contributed by atoms with Crippen LogP contribution in [0.1, 0.15) is 17.5 Å². The maximum atomic E-state index is 11.8. The van der Waals surface area contributed by atoms with Gasteiger partial charge in [-0.15, -0.1) is 0 Å². The van der Waals surface area contributed by atoms with E-state index in [-0.39, 0.29) is 5.91 Å². The Bertz CT molecular complexity index is 585. The molecule has 2 rings (SSSR count). The quantitative estimate of drug-likeness (QED) is 0.736. The van der Waals surface area contributed by atoms with Gasteiger partial charge in [0.2, 0.25) is 5.91 Å². The van der Waals surface area contributed by atoms with Crippen LogP contribution in [-0.2, 0) is 17.9 Å². The lowest BCUT2D eigenvalue weighted by Crippen LogP contribution is -2.27. The third-order valence-electron chi connectivity index (χ3n) is 3.37. The van der Waals surface area contributed by atoms with Gasteiger partial charge >= 0.3 is 0 Å². The van der Waals surface area contributed by atoms with Crippen molar-refractivity contribution in [3.63, 3.8) is 0 Å². The number of methoxy groups -OCH3 is 1. The molecule has 0 aromatic heterocycles. The number of para-hydroxylation sites is 1. The molecular formula is C18H22N2O2. The van der Waals surface area contributed by atoms with E-state index in [0.717, 1.165) is 16.9 Å². The molecule has 0 saturated heterocycles. The van der Waals surface area contributed by atoms with E-state index in [4.69, 9.17) is 4.74 Å². The maximum absolute atomic E-state index is 11.8. The SMILES string of the molecule is COc1ccccc1CNCCC(=O)NCc1ccccc1. The number of hydrogen-bond donors (Lipinski definition) is 2. The van der Waals surface area contributed by atoms with Crippen molar-refractivity contribution in [2.24, 2.45) is 0 Å². The van der Waals surface area contributed by atoms with Gasteiger partial charge in [-0.2, -0.15) is 0 Å². The van der Waals surface area contributed by atoms with E-state index in [9.17, 15) is 4.79 Å². The zero-order valence-corrected chi connectivity index (χ0v) is 12.8. The van der Waals surface area contributed by atoms with Crippen molar-refractivity contribution in [2.45, 2.75) is 19.5 Å². The van der Waals surface area contributed by atoms with Gasteiger partial charge in [0, 0.05) is 31.6 Å². The fourth-order valence-electron chi connectivity index (χ4n) is 2.16. The van der Waals surface area contributed by atoms with Crippen molar-refractivity contribution in [1.29, 1.82) is 0 Å². The highest BCUT2D eigenvalue weighted by Gasteiger charge is 2.03. The minimum Gasteiger partial charge on any atom is -0.496 e. The molecule has 116 valence electrons. The summed E-state index contributed by atoms with van der Waals surface area (Å²) in [5.41, 5.74) is 2.20. The molecule has 0 unspecified atom stereocenters. The second-order valence-corrected chi connectivity index (χ2v) is 5.00. The average molecular weight is 298 g/mol. The van der Waals surface area contributed by atoms with E-state index in [2.05, 4.69) is 10.6 Å². The van der Waals surface area contributed by atoms with Crippen molar-refractivity contribution in [3.05, 3.63) is 65.7 Å². The van der Waals surface area contributed by atoms with E-state index in [1.165, 1.54) is 0 Å². The molecule has 22 heavy (non-hydrogen) atoms. The van der Waals surface area contributed by atoms with E-state index >= 15 is 0 Å². The molecule has 0 spiro atoms. The molecule has 0 aliphatic heterocycles. The summed E-state index contributed by atoms with van der Waals surface area (Å²) >= 11 is 0. The molecule has 4 heteroatoms. The van der Waals surface area contributed by atoms with Crippen LogP contribution in [0.25, 0.3) is 0 Å². The number of benzene rings is 2. The normalized spacial score (nSPS) is 10.2. The Morgan fingerprint density at radius 2 is 1.73 bits per heavy atom. The Balaban J connectivity index is 1.65. The second-order valence-electron chi connectivity index (χ2n) is 5.00. The summed E-state index contributed by atoms with van der Waals surface area (Å²) in [6, 6.07) is 17.8. The Morgan fingerprint density at radius 1 is 1.00 bits per heavy atom. The lowest BCUT2D eigenvalue weighted by atomic mass is 10.2. The molecule has 0 atom stereocenters. The Kier molecular flexibility index (Phi) is 6.45. The average Bonchev–Trinajstić information content (AvgIpc) is 2.58. The van der Waals surface area contributed by atoms with Crippen LogP contribution in [0.4, 0.5) is 0 Å². The summed E-state index contributed by atoms with van der Waals surface area (Å²) in [5.74, 6) is 0.917. The minimum absolute atomic E-state index is 0.0522. The van der Waals surface area contributed by atoms with Gasteiger partial charge < -0.3 is 15.4 Å². The van der Waals surface area contributed by atoms with Gasteiger partial charge in [0.15, 0.2) is 0 Å². The number of ether oxygens (including phenoxy) is 1. The summed E-state index contributed by atoms with van der Waals surface area (Å²) < 4.78 is 5.29. The highest BCUT2D eigenvalue weighted by atomic mass is 16.5. The lowest BCUT2D eigenvalue weighted by molar-refractivity contribution is -0.121. The number of hydrogen-bond acceptors (Lipinski definition) is 3. The molecule has 2 N–H and O–H groups in total. The van der Waals surface area contributed by atoms with E-state index < -0.39 is 0 Å². The zero-order chi connectivity index (χ0) is 15.6. The van der Waals surface area contributed by atoms with E-state index in [1.807, 2.05) is 54.6 Å². The fraction of sp³-hybridized carbons (Fsp3) is 0.278. The van der Waals surface area contributed by atoms with E-state index in [0.29, 0.717) is 26.1 Å². The molecule has 0 radical (unpaired) electrons. The number of carbonyl (C=O) groups excluding carboxylic acids is 1. The van der Waals surface area contributed by atoms with E-state index in [1.54, 1.807) is 7.11 Å². The maximum Gasteiger partial charge on any atom is 0.221 e. The van der Waals surface area contributed by atoms with Crippen LogP contribution in [-0.4, -0.2) is 19.6 Å². The van der Waals surface area contributed by atoms with Crippen LogP contribution < -0.4 is 15.4 Å². The first kappa shape index (κ1) is 16.0.